The summed E-state index contributed by atoms with van der Waals surface area (Å²) in [6, 6.07) is 0.775. The van der Waals surface area contributed by atoms with Crippen molar-refractivity contribution in [2.45, 2.75) is 52.6 Å². The van der Waals surface area contributed by atoms with Crippen LogP contribution in [0.5, 0.6) is 0 Å². The van der Waals surface area contributed by atoms with Gasteiger partial charge >= 0.3 is 0 Å². The molecule has 0 bridgehead atoms. The topological polar surface area (TPSA) is 53.5 Å². The number of nitrogens with one attached hydrogen (secondary N) is 2. The summed E-state index contributed by atoms with van der Waals surface area (Å²) in [6.45, 7) is 9.08. The molecule has 0 aromatic carbocycles. The van der Waals surface area contributed by atoms with Crippen LogP contribution in [0.4, 0.5) is 0 Å². The van der Waals surface area contributed by atoms with E-state index in [1.807, 2.05) is 6.92 Å². The average molecular weight is 271 g/mol. The molecule has 5 heteroatoms. The lowest BCUT2D eigenvalue weighted by Crippen LogP contribution is -2.33. The van der Waals surface area contributed by atoms with Crippen LogP contribution in [0.1, 0.15) is 40.5 Å². The van der Waals surface area contributed by atoms with Crippen molar-refractivity contribution < 1.29 is 4.79 Å². The molecular formula is C13H25N3OS. The summed E-state index contributed by atoms with van der Waals surface area (Å²) in [5.41, 5.74) is 0. The van der Waals surface area contributed by atoms with Gasteiger partial charge in [-0.2, -0.15) is 0 Å². The van der Waals surface area contributed by atoms with Crippen LogP contribution in [-0.4, -0.2) is 35.5 Å². The van der Waals surface area contributed by atoms with Gasteiger partial charge in [-0.25, -0.2) is 0 Å². The molecule has 0 aromatic heterocycles. The van der Waals surface area contributed by atoms with E-state index in [2.05, 4.69) is 36.4 Å². The van der Waals surface area contributed by atoms with Gasteiger partial charge in [0, 0.05) is 24.3 Å². The molecular weight excluding hydrogens is 246 g/mol. The Balaban J connectivity index is 2.23. The van der Waals surface area contributed by atoms with E-state index < -0.39 is 0 Å². The first-order valence-electron chi connectivity index (χ1n) is 6.76. The van der Waals surface area contributed by atoms with Gasteiger partial charge in [0.15, 0.2) is 5.17 Å². The Morgan fingerprint density at radius 2 is 2.28 bits per heavy atom. The number of thioether (sulfide) groups is 1. The van der Waals surface area contributed by atoms with Gasteiger partial charge in [-0.3, -0.25) is 9.79 Å². The van der Waals surface area contributed by atoms with E-state index in [-0.39, 0.29) is 11.9 Å². The molecule has 1 saturated heterocycles. The molecule has 18 heavy (non-hydrogen) atoms. The maximum absolute atomic E-state index is 11.6. The zero-order valence-corrected chi connectivity index (χ0v) is 12.6. The summed E-state index contributed by atoms with van der Waals surface area (Å²) in [6.07, 6.45) is 1.44. The lowest BCUT2D eigenvalue weighted by molar-refractivity contribution is -0.121. The molecule has 1 rings (SSSR count). The standard InChI is InChI=1S/C13H25N3OS/c1-5-10(4)15-12(17)6-7-14-13-16-11(8-18-13)9(2)3/h9-11H,5-8H2,1-4H3,(H,14,16)(H,15,17)/t10?,11-/m1/s1. The fourth-order valence-electron chi connectivity index (χ4n) is 1.57. The average Bonchev–Trinajstić information content (AvgIpc) is 2.77. The summed E-state index contributed by atoms with van der Waals surface area (Å²) in [4.78, 5) is 16.0. The van der Waals surface area contributed by atoms with Gasteiger partial charge in [-0.05, 0) is 19.3 Å². The minimum atomic E-state index is 0.0945. The van der Waals surface area contributed by atoms with E-state index in [0.717, 1.165) is 17.3 Å². The van der Waals surface area contributed by atoms with Gasteiger partial charge in [0.2, 0.25) is 5.91 Å². The summed E-state index contributed by atoms with van der Waals surface area (Å²) >= 11 is 1.76. The lowest BCUT2D eigenvalue weighted by atomic mass is 10.1. The first-order chi connectivity index (χ1) is 8.52. The SMILES string of the molecule is CCC(C)NC(=O)CCN=C1N[C@@H](C(C)C)CS1. The fourth-order valence-corrected chi connectivity index (χ4v) is 2.79. The van der Waals surface area contributed by atoms with Gasteiger partial charge < -0.3 is 10.6 Å². The number of rotatable bonds is 6. The van der Waals surface area contributed by atoms with Crippen molar-refractivity contribution in [2.24, 2.45) is 10.9 Å². The maximum Gasteiger partial charge on any atom is 0.222 e. The quantitative estimate of drug-likeness (QED) is 0.777. The first kappa shape index (κ1) is 15.3. The molecule has 1 aliphatic heterocycles. The second kappa shape index (κ2) is 7.67. The highest BCUT2D eigenvalue weighted by Crippen LogP contribution is 2.18. The third-order valence-electron chi connectivity index (χ3n) is 3.13. The van der Waals surface area contributed by atoms with Crippen LogP contribution in [0.15, 0.2) is 4.99 Å². The van der Waals surface area contributed by atoms with Crippen molar-refractivity contribution in [3.63, 3.8) is 0 Å². The molecule has 0 saturated carbocycles. The second-order valence-electron chi connectivity index (χ2n) is 5.12. The minimum absolute atomic E-state index is 0.0945. The Hall–Kier alpha value is -0.710. The van der Waals surface area contributed by atoms with E-state index in [4.69, 9.17) is 0 Å². The Bertz CT molecular complexity index is 305. The Morgan fingerprint density at radius 3 is 2.83 bits per heavy atom. The number of nitrogens with zero attached hydrogens (tertiary/aromatic N) is 1. The van der Waals surface area contributed by atoms with Crippen LogP contribution >= 0.6 is 11.8 Å². The van der Waals surface area contributed by atoms with E-state index in [1.165, 1.54) is 0 Å². The third-order valence-corrected chi connectivity index (χ3v) is 4.17. The van der Waals surface area contributed by atoms with Crippen LogP contribution < -0.4 is 10.6 Å². The smallest absolute Gasteiger partial charge is 0.222 e. The molecule has 0 radical (unpaired) electrons. The minimum Gasteiger partial charge on any atom is -0.361 e. The molecule has 1 amide bonds. The number of amides is 1. The maximum atomic E-state index is 11.6. The van der Waals surface area contributed by atoms with Crippen molar-refractivity contribution in [2.75, 3.05) is 12.3 Å². The predicted octanol–water partition coefficient (Wildman–Crippen LogP) is 2.01. The fraction of sp³-hybridized carbons (Fsp3) is 0.846. The highest BCUT2D eigenvalue weighted by Gasteiger charge is 2.22. The highest BCUT2D eigenvalue weighted by atomic mass is 32.2. The Labute approximate surface area is 114 Å². The van der Waals surface area contributed by atoms with E-state index >= 15 is 0 Å². The van der Waals surface area contributed by atoms with Gasteiger partial charge in [0.25, 0.3) is 0 Å². The Morgan fingerprint density at radius 1 is 1.56 bits per heavy atom. The molecule has 1 aliphatic rings. The molecule has 4 nitrogen and oxygen atoms in total. The van der Waals surface area contributed by atoms with Crippen LogP contribution in [0.25, 0.3) is 0 Å². The zero-order valence-electron chi connectivity index (χ0n) is 11.8. The summed E-state index contributed by atoms with van der Waals surface area (Å²) in [7, 11) is 0. The molecule has 0 spiro atoms. The van der Waals surface area contributed by atoms with Gasteiger partial charge in [0.1, 0.15) is 0 Å². The van der Waals surface area contributed by atoms with E-state index in [0.29, 0.717) is 24.9 Å². The second-order valence-corrected chi connectivity index (χ2v) is 6.13. The normalized spacial score (nSPS) is 23.2. The van der Waals surface area contributed by atoms with Crippen molar-refractivity contribution in [1.29, 1.82) is 0 Å². The van der Waals surface area contributed by atoms with E-state index in [1.54, 1.807) is 11.8 Å². The largest absolute Gasteiger partial charge is 0.361 e. The Kier molecular flexibility index (Phi) is 6.54. The number of hydrogen-bond donors (Lipinski definition) is 2. The zero-order chi connectivity index (χ0) is 13.5. The number of hydrogen-bond acceptors (Lipinski definition) is 3. The highest BCUT2D eigenvalue weighted by molar-refractivity contribution is 8.14. The van der Waals surface area contributed by atoms with Crippen LogP contribution in [-0.2, 0) is 4.79 Å². The van der Waals surface area contributed by atoms with Crippen LogP contribution in [0.3, 0.4) is 0 Å². The van der Waals surface area contributed by atoms with Crippen molar-refractivity contribution in [3.8, 4) is 0 Å². The lowest BCUT2D eigenvalue weighted by Gasteiger charge is -2.13. The van der Waals surface area contributed by atoms with E-state index in [9.17, 15) is 4.79 Å². The van der Waals surface area contributed by atoms with Gasteiger partial charge in [-0.15, -0.1) is 0 Å². The van der Waals surface area contributed by atoms with Gasteiger partial charge in [0.05, 0.1) is 6.54 Å². The molecule has 1 fully saturated rings. The predicted molar refractivity (Wildman–Crippen MR) is 79.0 cm³/mol. The van der Waals surface area contributed by atoms with Gasteiger partial charge in [-0.1, -0.05) is 32.5 Å². The summed E-state index contributed by atoms with van der Waals surface area (Å²) < 4.78 is 0. The van der Waals surface area contributed by atoms with Crippen molar-refractivity contribution in [1.82, 2.24) is 10.6 Å². The van der Waals surface area contributed by atoms with Crippen LogP contribution in [0, 0.1) is 5.92 Å². The number of carbonyl (C=O) groups is 1. The monoisotopic (exact) mass is 271 g/mol. The number of amidine groups is 1. The number of carbonyl (C=O) groups excluding carboxylic acids is 1. The third kappa shape index (κ3) is 5.29. The molecule has 0 aromatic rings. The van der Waals surface area contributed by atoms with Crippen LogP contribution in [0.2, 0.25) is 0 Å². The molecule has 1 heterocycles. The van der Waals surface area contributed by atoms with Crippen molar-refractivity contribution in [3.05, 3.63) is 0 Å². The number of aliphatic imine (C=N–C) groups is 1. The summed E-state index contributed by atoms with van der Waals surface area (Å²) in [5, 5.41) is 7.33. The molecule has 104 valence electrons. The first-order valence-corrected chi connectivity index (χ1v) is 7.74. The molecule has 0 aliphatic carbocycles. The summed E-state index contributed by atoms with van der Waals surface area (Å²) in [5.74, 6) is 1.80. The van der Waals surface area contributed by atoms with Crippen molar-refractivity contribution >= 4 is 22.8 Å². The molecule has 2 atom stereocenters. The molecule has 2 N–H and O–H groups in total. The molecule has 1 unspecified atom stereocenters.